The molecular formula is C24H31BrFN6O10P. The van der Waals surface area contributed by atoms with Gasteiger partial charge in [0.25, 0.3) is 0 Å². The highest BCUT2D eigenvalue weighted by molar-refractivity contribution is 9.10. The SMILES string of the molecule is CC(C)OC(=O)CCNC(=O)[C@@H]1OP(=O)(OCC2OC(C#N)(c3ccc4c(O)nc(N)nn34)C(F)(Br)[C@@H]2O)OCC1(C)C. The van der Waals surface area contributed by atoms with Crippen LogP contribution in [0, 0.1) is 16.7 Å². The molecule has 2 aliphatic rings. The predicted octanol–water partition coefficient (Wildman–Crippen LogP) is 1.58. The molecule has 6 atom stereocenters. The molecule has 2 aromatic rings. The smallest absolute Gasteiger partial charge is 0.475 e. The molecule has 4 heterocycles. The Balaban J connectivity index is 1.49. The fourth-order valence-electron chi connectivity index (χ4n) is 4.55. The van der Waals surface area contributed by atoms with Crippen LogP contribution in [0.2, 0.25) is 0 Å². The van der Waals surface area contributed by atoms with Crippen LogP contribution < -0.4 is 11.1 Å². The van der Waals surface area contributed by atoms with Gasteiger partial charge in [-0.2, -0.15) is 10.2 Å². The van der Waals surface area contributed by atoms with Crippen molar-refractivity contribution in [1.82, 2.24) is 19.9 Å². The number of phosphoric ester groups is 1. The average Bonchev–Trinajstić information content (AvgIpc) is 3.41. The lowest BCUT2D eigenvalue weighted by Crippen LogP contribution is -2.50. The lowest BCUT2D eigenvalue weighted by molar-refractivity contribution is -0.147. The van der Waals surface area contributed by atoms with E-state index in [0.717, 1.165) is 4.52 Å². The van der Waals surface area contributed by atoms with Gasteiger partial charge in [0.1, 0.15) is 23.8 Å². The molecule has 2 saturated heterocycles. The number of nitriles is 1. The van der Waals surface area contributed by atoms with E-state index in [1.54, 1.807) is 33.8 Å². The third-order valence-electron chi connectivity index (χ3n) is 6.72. The van der Waals surface area contributed by atoms with Crippen LogP contribution in [-0.4, -0.2) is 85.4 Å². The second-order valence-corrected chi connectivity index (χ2v) is 13.7. The number of halogens is 2. The number of nitrogens with one attached hydrogen (secondary N) is 1. The highest BCUT2D eigenvalue weighted by atomic mass is 79.9. The molecule has 5 N–H and O–H groups in total. The van der Waals surface area contributed by atoms with Gasteiger partial charge in [0, 0.05) is 12.0 Å². The van der Waals surface area contributed by atoms with Crippen molar-refractivity contribution < 1.29 is 51.8 Å². The van der Waals surface area contributed by atoms with E-state index in [1.807, 2.05) is 0 Å². The molecule has 2 aromatic heterocycles. The lowest BCUT2D eigenvalue weighted by atomic mass is 9.87. The normalized spacial score (nSPS) is 32.0. The van der Waals surface area contributed by atoms with Crippen LogP contribution in [0.1, 0.15) is 39.8 Å². The van der Waals surface area contributed by atoms with Gasteiger partial charge in [-0.05, 0) is 41.9 Å². The van der Waals surface area contributed by atoms with Crippen molar-refractivity contribution in [2.24, 2.45) is 5.41 Å². The van der Waals surface area contributed by atoms with Crippen molar-refractivity contribution in [1.29, 1.82) is 5.26 Å². The molecule has 16 nitrogen and oxygen atoms in total. The maximum Gasteiger partial charge on any atom is 0.475 e. The van der Waals surface area contributed by atoms with Gasteiger partial charge in [0.2, 0.25) is 27.9 Å². The minimum atomic E-state index is -4.50. The van der Waals surface area contributed by atoms with Gasteiger partial charge in [0.15, 0.2) is 6.10 Å². The molecule has 0 bridgehead atoms. The summed E-state index contributed by atoms with van der Waals surface area (Å²) in [5.41, 5.74) is 1.75. The van der Waals surface area contributed by atoms with Gasteiger partial charge in [0.05, 0.1) is 31.4 Å². The van der Waals surface area contributed by atoms with Crippen molar-refractivity contribution in [2.75, 3.05) is 25.5 Å². The van der Waals surface area contributed by atoms with E-state index < -0.39 is 72.0 Å². The number of nitrogens with two attached hydrogens (primary N) is 1. The Morgan fingerprint density at radius 2 is 2.12 bits per heavy atom. The van der Waals surface area contributed by atoms with E-state index in [1.165, 1.54) is 12.1 Å². The average molecular weight is 693 g/mol. The first kappa shape index (κ1) is 33.0. The summed E-state index contributed by atoms with van der Waals surface area (Å²) in [6.45, 7) is 5.49. The van der Waals surface area contributed by atoms with Crippen molar-refractivity contribution in [3.05, 3.63) is 17.8 Å². The summed E-state index contributed by atoms with van der Waals surface area (Å²) in [6.07, 6.45) is -5.48. The van der Waals surface area contributed by atoms with Crippen molar-refractivity contribution in [2.45, 2.75) is 68.7 Å². The standard InChI is InChI=1S/C24H31BrFN6O10P/c1-12(2)40-16(33)7-8-29-20(36)18-22(3,4)11-39-43(37,42-18)38-9-14-17(34)24(25,26)23(10-27,41-14)15-6-5-13-19(35)30-21(28)31-32(13)15/h5-6,12,14,17-18,34H,7-9,11H2,1-4H3,(H,29,36)(H3,28,30,31,35)/t14?,17-,18+,23?,24?,43?/m1/s1. The van der Waals surface area contributed by atoms with Crippen LogP contribution in [0.4, 0.5) is 10.3 Å². The van der Waals surface area contributed by atoms with Crippen LogP contribution in [-0.2, 0) is 42.8 Å². The Hall–Kier alpha value is -2.91. The maximum absolute atomic E-state index is 16.1. The maximum atomic E-state index is 16.1. The molecule has 0 radical (unpaired) electrons. The number of hydrogen-bond acceptors (Lipinski definition) is 14. The van der Waals surface area contributed by atoms with Gasteiger partial charge in [-0.1, -0.05) is 13.8 Å². The number of alkyl halides is 2. The number of amides is 1. The Kier molecular flexibility index (Phi) is 9.12. The highest BCUT2D eigenvalue weighted by Gasteiger charge is 2.69. The fourth-order valence-corrected chi connectivity index (χ4v) is 6.89. The quantitative estimate of drug-likeness (QED) is 0.166. The molecule has 19 heteroatoms. The molecule has 4 unspecified atom stereocenters. The number of nitrogens with zero attached hydrogens (tertiary/aromatic N) is 4. The summed E-state index contributed by atoms with van der Waals surface area (Å²) >= 11 is 2.76. The van der Waals surface area contributed by atoms with Crippen LogP contribution in [0.15, 0.2) is 12.1 Å². The van der Waals surface area contributed by atoms with Gasteiger partial charge < -0.3 is 30.7 Å². The van der Waals surface area contributed by atoms with E-state index >= 15 is 4.39 Å². The number of aromatic hydroxyl groups is 1. The minimum absolute atomic E-state index is 0.0305. The summed E-state index contributed by atoms with van der Waals surface area (Å²) in [7, 11) is -4.50. The monoisotopic (exact) mass is 692 g/mol. The van der Waals surface area contributed by atoms with E-state index in [9.17, 15) is 29.6 Å². The number of rotatable bonds is 9. The van der Waals surface area contributed by atoms with E-state index in [4.69, 9.17) is 28.8 Å². The van der Waals surface area contributed by atoms with Crippen LogP contribution >= 0.6 is 23.8 Å². The number of ether oxygens (including phenoxy) is 2. The van der Waals surface area contributed by atoms with Gasteiger partial charge >= 0.3 is 13.8 Å². The highest BCUT2D eigenvalue weighted by Crippen LogP contribution is 2.59. The van der Waals surface area contributed by atoms with Crippen molar-refractivity contribution >= 4 is 47.1 Å². The topological polar surface area (TPSA) is 230 Å². The number of carbonyl (C=O) groups is 2. The first-order valence-electron chi connectivity index (χ1n) is 13.0. The van der Waals surface area contributed by atoms with Crippen LogP contribution in [0.25, 0.3) is 5.52 Å². The number of esters is 1. The Bertz CT molecular complexity index is 1500. The van der Waals surface area contributed by atoms with E-state index in [-0.39, 0.29) is 36.9 Å². The van der Waals surface area contributed by atoms with Crippen LogP contribution in [0.5, 0.6) is 5.88 Å². The zero-order valence-electron chi connectivity index (χ0n) is 23.5. The molecule has 0 aliphatic carbocycles. The zero-order chi connectivity index (χ0) is 32.0. The number of fused-ring (bicyclic) bond motifs is 1. The number of aliphatic hydroxyl groups excluding tert-OH is 1. The molecule has 236 valence electrons. The van der Waals surface area contributed by atoms with Gasteiger partial charge in [-0.3, -0.25) is 23.2 Å². The number of aliphatic hydroxyl groups is 1. The summed E-state index contributed by atoms with van der Waals surface area (Å²) < 4.78 is 54.3. The lowest BCUT2D eigenvalue weighted by Gasteiger charge is -2.39. The Morgan fingerprint density at radius 1 is 1.42 bits per heavy atom. The molecule has 2 fully saturated rings. The molecular weight excluding hydrogens is 662 g/mol. The van der Waals surface area contributed by atoms with E-state index in [2.05, 4.69) is 31.3 Å². The number of hydrogen-bond donors (Lipinski definition) is 4. The summed E-state index contributed by atoms with van der Waals surface area (Å²) in [5.74, 6) is -2.15. The summed E-state index contributed by atoms with van der Waals surface area (Å²) in [6, 6.07) is 4.21. The number of anilines is 1. The molecule has 1 amide bonds. The van der Waals surface area contributed by atoms with Gasteiger partial charge in [-0.25, -0.2) is 13.5 Å². The predicted molar refractivity (Wildman–Crippen MR) is 147 cm³/mol. The largest absolute Gasteiger partial charge is 0.492 e. The number of phosphoric acid groups is 1. The molecule has 43 heavy (non-hydrogen) atoms. The second kappa shape index (κ2) is 11.9. The molecule has 0 spiro atoms. The molecule has 2 aliphatic heterocycles. The minimum Gasteiger partial charge on any atom is -0.492 e. The van der Waals surface area contributed by atoms with Crippen molar-refractivity contribution in [3.8, 4) is 11.9 Å². The number of nitrogen functional groups attached to an aromatic ring is 1. The number of carbonyl (C=O) groups excluding carboxylic acids is 2. The molecule has 4 rings (SSSR count). The Labute approximate surface area is 253 Å². The first-order chi connectivity index (χ1) is 20.0. The first-order valence-corrected chi connectivity index (χ1v) is 15.3. The van der Waals surface area contributed by atoms with Gasteiger partial charge in [-0.15, -0.1) is 5.10 Å². The third kappa shape index (κ3) is 6.21. The number of aromatic nitrogens is 3. The van der Waals surface area contributed by atoms with Crippen LogP contribution in [0.3, 0.4) is 0 Å². The van der Waals surface area contributed by atoms with E-state index in [0.29, 0.717) is 0 Å². The summed E-state index contributed by atoms with van der Waals surface area (Å²) in [5, 5.41) is 37.5. The Morgan fingerprint density at radius 3 is 2.77 bits per heavy atom. The summed E-state index contributed by atoms with van der Waals surface area (Å²) in [4.78, 5) is 28.3. The van der Waals surface area contributed by atoms with Crippen molar-refractivity contribution in [3.63, 3.8) is 0 Å². The fraction of sp³-hybridized carbons (Fsp3) is 0.625. The third-order valence-corrected chi connectivity index (χ3v) is 9.12. The molecule has 0 aromatic carbocycles. The second-order valence-electron chi connectivity index (χ2n) is 10.9. The molecule has 0 saturated carbocycles. The zero-order valence-corrected chi connectivity index (χ0v) is 26.0.